The van der Waals surface area contributed by atoms with Crippen LogP contribution >= 0.6 is 0 Å². The van der Waals surface area contributed by atoms with E-state index in [1.54, 1.807) is 26.4 Å². The Morgan fingerprint density at radius 3 is 2.53 bits per heavy atom. The smallest absolute Gasteiger partial charge is 0.229 e. The highest BCUT2D eigenvalue weighted by Gasteiger charge is 2.13. The number of hydrogen-bond acceptors (Lipinski definition) is 7. The summed E-state index contributed by atoms with van der Waals surface area (Å²) in [5.74, 6) is 2.03. The molecule has 0 saturated heterocycles. The van der Waals surface area contributed by atoms with E-state index in [1.165, 1.54) is 22.9 Å². The number of benzene rings is 2. The maximum atomic E-state index is 9.46. The fourth-order valence-electron chi connectivity index (χ4n) is 3.38. The van der Waals surface area contributed by atoms with Gasteiger partial charge in [0.1, 0.15) is 11.6 Å². The standard InChI is InChI=1S/C23H21N5O2/c1-14-8-15-4-5-18(10-16(15)9-14)26-22-17(12-24)13-25-23(28-22)27-19-6-7-20(29-2)21(11-19)30-3/h4-7,9-11,13H,8H2,1-3H3,(H2,25,26,27,28). The molecule has 0 fully saturated rings. The fourth-order valence-corrected chi connectivity index (χ4v) is 3.38. The van der Waals surface area contributed by atoms with Crippen LogP contribution in [0.5, 0.6) is 11.5 Å². The van der Waals surface area contributed by atoms with Crippen molar-refractivity contribution in [2.24, 2.45) is 0 Å². The second kappa shape index (κ2) is 8.13. The van der Waals surface area contributed by atoms with Gasteiger partial charge in [0, 0.05) is 17.4 Å². The van der Waals surface area contributed by atoms with Crippen LogP contribution in [0, 0.1) is 11.3 Å². The minimum absolute atomic E-state index is 0.361. The lowest BCUT2D eigenvalue weighted by molar-refractivity contribution is 0.355. The third-order valence-electron chi connectivity index (χ3n) is 4.83. The zero-order valence-corrected chi connectivity index (χ0v) is 17.0. The van der Waals surface area contributed by atoms with Crippen molar-refractivity contribution in [2.75, 3.05) is 24.9 Å². The van der Waals surface area contributed by atoms with Gasteiger partial charge in [0.25, 0.3) is 0 Å². The number of nitriles is 1. The van der Waals surface area contributed by atoms with E-state index in [2.05, 4.69) is 51.8 Å². The van der Waals surface area contributed by atoms with Gasteiger partial charge < -0.3 is 20.1 Å². The summed E-state index contributed by atoms with van der Waals surface area (Å²) in [5.41, 5.74) is 5.79. The molecule has 2 aromatic carbocycles. The molecule has 1 heterocycles. The average molecular weight is 399 g/mol. The Bertz CT molecular complexity index is 1180. The quantitative estimate of drug-likeness (QED) is 0.614. The number of methoxy groups -OCH3 is 2. The largest absolute Gasteiger partial charge is 0.493 e. The Labute approximate surface area is 175 Å². The molecular formula is C23H21N5O2. The SMILES string of the molecule is COc1ccc(Nc2ncc(C#N)c(Nc3ccc4c(c3)C=C(C)C4)n2)cc1OC. The number of aromatic nitrogens is 2. The topological polar surface area (TPSA) is 92.1 Å². The summed E-state index contributed by atoms with van der Waals surface area (Å²) in [5, 5.41) is 15.8. The number of allylic oxidation sites excluding steroid dienone is 1. The van der Waals surface area contributed by atoms with Crippen LogP contribution in [0.15, 0.2) is 48.2 Å². The Kier molecular flexibility index (Phi) is 5.22. The van der Waals surface area contributed by atoms with Gasteiger partial charge in [-0.3, -0.25) is 0 Å². The molecule has 0 amide bonds. The van der Waals surface area contributed by atoms with Gasteiger partial charge in [0.2, 0.25) is 5.95 Å². The summed E-state index contributed by atoms with van der Waals surface area (Å²) in [6.07, 6.45) is 4.65. The Hall–Kier alpha value is -4.05. The van der Waals surface area contributed by atoms with Crippen molar-refractivity contribution in [1.29, 1.82) is 5.26 Å². The summed E-state index contributed by atoms with van der Waals surface area (Å²) in [7, 11) is 3.16. The molecule has 0 unspecified atom stereocenters. The predicted molar refractivity (Wildman–Crippen MR) is 117 cm³/mol. The van der Waals surface area contributed by atoms with Crippen molar-refractivity contribution in [2.45, 2.75) is 13.3 Å². The van der Waals surface area contributed by atoms with Crippen LogP contribution in [0.4, 0.5) is 23.1 Å². The molecule has 0 aliphatic heterocycles. The van der Waals surface area contributed by atoms with E-state index >= 15 is 0 Å². The van der Waals surface area contributed by atoms with E-state index in [0.29, 0.717) is 28.8 Å². The van der Waals surface area contributed by atoms with Crippen molar-refractivity contribution in [1.82, 2.24) is 9.97 Å². The van der Waals surface area contributed by atoms with Gasteiger partial charge in [0.15, 0.2) is 17.3 Å². The molecular weight excluding hydrogens is 378 g/mol. The Morgan fingerprint density at radius 1 is 1.00 bits per heavy atom. The molecule has 7 heteroatoms. The van der Waals surface area contributed by atoms with Crippen LogP contribution in [-0.2, 0) is 6.42 Å². The molecule has 7 nitrogen and oxygen atoms in total. The Morgan fingerprint density at radius 2 is 1.77 bits per heavy atom. The summed E-state index contributed by atoms with van der Waals surface area (Å²) < 4.78 is 10.6. The van der Waals surface area contributed by atoms with Gasteiger partial charge in [-0.15, -0.1) is 0 Å². The van der Waals surface area contributed by atoms with Gasteiger partial charge in [-0.05, 0) is 48.7 Å². The van der Waals surface area contributed by atoms with Gasteiger partial charge >= 0.3 is 0 Å². The lowest BCUT2D eigenvalue weighted by Crippen LogP contribution is -2.03. The normalized spacial score (nSPS) is 11.9. The first-order valence-corrected chi connectivity index (χ1v) is 9.43. The molecule has 3 aromatic rings. The number of fused-ring (bicyclic) bond motifs is 1. The van der Waals surface area contributed by atoms with E-state index < -0.39 is 0 Å². The maximum absolute atomic E-state index is 9.46. The number of ether oxygens (including phenoxy) is 2. The molecule has 4 rings (SSSR count). The lowest BCUT2D eigenvalue weighted by atomic mass is 10.1. The molecule has 0 saturated carbocycles. The summed E-state index contributed by atoms with van der Waals surface area (Å²) in [4.78, 5) is 8.74. The van der Waals surface area contributed by atoms with Gasteiger partial charge in [-0.1, -0.05) is 17.7 Å². The van der Waals surface area contributed by atoms with Crippen molar-refractivity contribution in [3.8, 4) is 17.6 Å². The number of nitrogens with zero attached hydrogens (tertiary/aromatic N) is 3. The molecule has 1 aromatic heterocycles. The third kappa shape index (κ3) is 3.89. The molecule has 30 heavy (non-hydrogen) atoms. The molecule has 2 N–H and O–H groups in total. The number of nitrogens with one attached hydrogen (secondary N) is 2. The highest BCUT2D eigenvalue weighted by molar-refractivity contribution is 5.71. The minimum atomic E-state index is 0.361. The zero-order chi connectivity index (χ0) is 21.1. The molecule has 1 aliphatic carbocycles. The molecule has 0 spiro atoms. The van der Waals surface area contributed by atoms with Crippen molar-refractivity contribution in [3.05, 3.63) is 64.9 Å². The first-order valence-electron chi connectivity index (χ1n) is 9.43. The van der Waals surface area contributed by atoms with Crippen LogP contribution < -0.4 is 20.1 Å². The number of rotatable bonds is 6. The fraction of sp³-hybridized carbons (Fsp3) is 0.174. The molecule has 0 atom stereocenters. The van der Waals surface area contributed by atoms with E-state index in [-0.39, 0.29) is 0 Å². The molecule has 0 bridgehead atoms. The van der Waals surface area contributed by atoms with Gasteiger partial charge in [-0.25, -0.2) is 4.98 Å². The predicted octanol–water partition coefficient (Wildman–Crippen LogP) is 4.81. The van der Waals surface area contributed by atoms with E-state index in [9.17, 15) is 5.26 Å². The first-order chi connectivity index (χ1) is 14.6. The molecule has 1 aliphatic rings. The van der Waals surface area contributed by atoms with E-state index in [1.807, 2.05) is 12.1 Å². The van der Waals surface area contributed by atoms with Gasteiger partial charge in [0.05, 0.1) is 20.4 Å². The van der Waals surface area contributed by atoms with E-state index in [0.717, 1.165) is 17.8 Å². The molecule has 150 valence electrons. The van der Waals surface area contributed by atoms with Crippen molar-refractivity contribution in [3.63, 3.8) is 0 Å². The van der Waals surface area contributed by atoms with Crippen molar-refractivity contribution < 1.29 is 9.47 Å². The number of anilines is 4. The second-order valence-electron chi connectivity index (χ2n) is 6.97. The van der Waals surface area contributed by atoms with Crippen LogP contribution in [0.3, 0.4) is 0 Å². The zero-order valence-electron chi connectivity index (χ0n) is 17.0. The van der Waals surface area contributed by atoms with Crippen LogP contribution in [-0.4, -0.2) is 24.2 Å². The monoisotopic (exact) mass is 399 g/mol. The Balaban J connectivity index is 1.60. The van der Waals surface area contributed by atoms with Crippen LogP contribution in [0.2, 0.25) is 0 Å². The van der Waals surface area contributed by atoms with Crippen LogP contribution in [0.25, 0.3) is 6.08 Å². The van der Waals surface area contributed by atoms with Crippen molar-refractivity contribution >= 4 is 29.2 Å². The van der Waals surface area contributed by atoms with Gasteiger partial charge in [-0.2, -0.15) is 10.2 Å². The van der Waals surface area contributed by atoms with E-state index in [4.69, 9.17) is 9.47 Å². The third-order valence-corrected chi connectivity index (χ3v) is 4.83. The minimum Gasteiger partial charge on any atom is -0.493 e. The maximum Gasteiger partial charge on any atom is 0.229 e. The highest BCUT2D eigenvalue weighted by Crippen LogP contribution is 2.32. The lowest BCUT2D eigenvalue weighted by Gasteiger charge is -2.12. The summed E-state index contributed by atoms with van der Waals surface area (Å²) >= 11 is 0. The average Bonchev–Trinajstić information content (AvgIpc) is 3.13. The van der Waals surface area contributed by atoms with Crippen LogP contribution in [0.1, 0.15) is 23.6 Å². The summed E-state index contributed by atoms with van der Waals surface area (Å²) in [6, 6.07) is 13.7. The molecule has 0 radical (unpaired) electrons. The highest BCUT2D eigenvalue weighted by atomic mass is 16.5. The first kappa shape index (κ1) is 19.3. The summed E-state index contributed by atoms with van der Waals surface area (Å²) in [6.45, 7) is 2.12. The second-order valence-corrected chi connectivity index (χ2v) is 6.97. The number of hydrogen-bond donors (Lipinski definition) is 2.